The lowest BCUT2D eigenvalue weighted by molar-refractivity contribution is -0.126. The number of halogens is 2. The molecule has 7 nitrogen and oxygen atoms in total. The number of hydrogen-bond donors (Lipinski definition) is 1. The highest BCUT2D eigenvalue weighted by molar-refractivity contribution is 7.89. The number of benzene rings is 1. The molecule has 0 unspecified atom stereocenters. The molecule has 2 heterocycles. The lowest BCUT2D eigenvalue weighted by Gasteiger charge is -2.30. The summed E-state index contributed by atoms with van der Waals surface area (Å²) >= 11 is 0. The third kappa shape index (κ3) is 5.65. The maximum Gasteiger partial charge on any atom is 0.243 e. The number of ether oxygens (including phenoxy) is 1. The molecule has 1 saturated heterocycles. The highest BCUT2D eigenvalue weighted by Gasteiger charge is 2.32. The van der Waals surface area contributed by atoms with Gasteiger partial charge in [-0.05, 0) is 49.6 Å². The van der Waals surface area contributed by atoms with Gasteiger partial charge >= 0.3 is 0 Å². The van der Waals surface area contributed by atoms with Crippen molar-refractivity contribution in [2.45, 2.75) is 30.8 Å². The summed E-state index contributed by atoms with van der Waals surface area (Å²) in [6, 6.07) is 6.12. The molecule has 0 spiro atoms. The Morgan fingerprint density at radius 3 is 2.63 bits per heavy atom. The zero-order valence-corrected chi connectivity index (χ0v) is 17.2. The van der Waals surface area contributed by atoms with Gasteiger partial charge in [0.2, 0.25) is 15.9 Å². The molecule has 2 aromatic rings. The van der Waals surface area contributed by atoms with E-state index >= 15 is 0 Å². The van der Waals surface area contributed by atoms with Gasteiger partial charge in [0.05, 0.1) is 11.2 Å². The van der Waals surface area contributed by atoms with Crippen LogP contribution in [0.4, 0.5) is 8.78 Å². The molecule has 164 valence electrons. The van der Waals surface area contributed by atoms with Gasteiger partial charge in [-0.2, -0.15) is 4.31 Å². The van der Waals surface area contributed by atoms with Crippen molar-refractivity contribution in [1.82, 2.24) is 9.62 Å². The highest BCUT2D eigenvalue weighted by atomic mass is 32.2. The van der Waals surface area contributed by atoms with Crippen molar-refractivity contribution in [2.24, 2.45) is 5.92 Å². The molecule has 0 radical (unpaired) electrons. The van der Waals surface area contributed by atoms with E-state index in [4.69, 9.17) is 9.15 Å². The van der Waals surface area contributed by atoms with Crippen LogP contribution in [0.5, 0.6) is 0 Å². The first kappa shape index (κ1) is 22.4. The Morgan fingerprint density at radius 1 is 1.20 bits per heavy atom. The van der Waals surface area contributed by atoms with E-state index in [2.05, 4.69) is 5.32 Å². The second-order valence-electron chi connectivity index (χ2n) is 7.03. The Hall–Kier alpha value is -2.30. The standard InChI is InChI=1S/C20H24F2N2O5S/c21-18-5-4-17(13-19(18)22)30(26,27)24-9-6-15(7-10-24)20(25)23-8-2-11-28-14-16-3-1-12-29-16/h1,3-5,12-13,15H,2,6-11,14H2,(H,23,25). The van der Waals surface area contributed by atoms with Gasteiger partial charge in [-0.3, -0.25) is 4.79 Å². The normalized spacial score (nSPS) is 15.9. The van der Waals surface area contributed by atoms with E-state index in [1.807, 2.05) is 6.07 Å². The molecule has 1 amide bonds. The van der Waals surface area contributed by atoms with Crippen LogP contribution in [0.1, 0.15) is 25.0 Å². The SMILES string of the molecule is O=C(NCCCOCc1ccco1)C1CCN(S(=O)(=O)c2ccc(F)c(F)c2)CC1. The average molecular weight is 442 g/mol. The fourth-order valence-corrected chi connectivity index (χ4v) is 4.72. The molecule has 30 heavy (non-hydrogen) atoms. The summed E-state index contributed by atoms with van der Waals surface area (Å²) in [5.74, 6) is -1.98. The second-order valence-corrected chi connectivity index (χ2v) is 8.97. The molecule has 0 atom stereocenters. The molecule has 1 N–H and O–H groups in total. The number of hydrogen-bond acceptors (Lipinski definition) is 5. The van der Waals surface area contributed by atoms with Crippen LogP contribution in [-0.4, -0.2) is 44.9 Å². The smallest absolute Gasteiger partial charge is 0.243 e. The van der Waals surface area contributed by atoms with Crippen molar-refractivity contribution in [3.63, 3.8) is 0 Å². The summed E-state index contributed by atoms with van der Waals surface area (Å²) in [7, 11) is -3.93. The summed E-state index contributed by atoms with van der Waals surface area (Å²) < 4.78 is 63.5. The molecule has 1 aromatic carbocycles. The quantitative estimate of drug-likeness (QED) is 0.604. The largest absolute Gasteiger partial charge is 0.467 e. The van der Waals surface area contributed by atoms with E-state index in [1.54, 1.807) is 12.3 Å². The zero-order valence-electron chi connectivity index (χ0n) is 16.4. The number of nitrogens with one attached hydrogen (secondary N) is 1. The number of sulfonamides is 1. The molecule has 10 heteroatoms. The Balaban J connectivity index is 1.38. The lowest BCUT2D eigenvalue weighted by Crippen LogP contribution is -2.43. The molecule has 3 rings (SSSR count). The number of nitrogens with zero attached hydrogens (tertiary/aromatic N) is 1. The minimum Gasteiger partial charge on any atom is -0.467 e. The average Bonchev–Trinajstić information content (AvgIpc) is 3.26. The van der Waals surface area contributed by atoms with Gasteiger partial charge in [0.1, 0.15) is 12.4 Å². The minimum atomic E-state index is -3.93. The predicted molar refractivity (Wildman–Crippen MR) is 104 cm³/mol. The fourth-order valence-electron chi connectivity index (χ4n) is 3.24. The Kier molecular flexibility index (Phi) is 7.57. The van der Waals surface area contributed by atoms with Crippen molar-refractivity contribution in [2.75, 3.05) is 26.2 Å². The van der Waals surface area contributed by atoms with E-state index in [0.29, 0.717) is 45.1 Å². The molecular weight excluding hydrogens is 418 g/mol. The first-order chi connectivity index (χ1) is 14.4. The number of rotatable bonds is 9. The van der Waals surface area contributed by atoms with E-state index in [1.165, 1.54) is 4.31 Å². The lowest BCUT2D eigenvalue weighted by atomic mass is 9.97. The topological polar surface area (TPSA) is 88.8 Å². The van der Waals surface area contributed by atoms with Gasteiger partial charge in [0.25, 0.3) is 0 Å². The molecule has 0 saturated carbocycles. The number of carbonyl (C=O) groups excluding carboxylic acids is 1. The summed E-state index contributed by atoms with van der Waals surface area (Å²) in [5, 5.41) is 2.84. The summed E-state index contributed by atoms with van der Waals surface area (Å²) in [6.07, 6.45) is 2.96. The third-order valence-corrected chi connectivity index (χ3v) is 6.84. The van der Waals surface area contributed by atoms with Crippen LogP contribution >= 0.6 is 0 Å². The Bertz CT molecular complexity index is 942. The van der Waals surface area contributed by atoms with Crippen LogP contribution in [-0.2, 0) is 26.2 Å². The van der Waals surface area contributed by atoms with Crippen molar-refractivity contribution in [3.05, 3.63) is 54.0 Å². The Labute approximate surface area is 174 Å². The van der Waals surface area contributed by atoms with Crippen LogP contribution in [0, 0.1) is 17.6 Å². The predicted octanol–water partition coefficient (Wildman–Crippen LogP) is 2.68. The molecule has 0 bridgehead atoms. The number of furan rings is 1. The molecule has 1 fully saturated rings. The van der Waals surface area contributed by atoms with E-state index < -0.39 is 21.7 Å². The van der Waals surface area contributed by atoms with Crippen molar-refractivity contribution < 1.29 is 31.1 Å². The van der Waals surface area contributed by atoms with Gasteiger partial charge in [-0.15, -0.1) is 0 Å². The fraction of sp³-hybridized carbons (Fsp3) is 0.450. The van der Waals surface area contributed by atoms with E-state index in [0.717, 1.165) is 17.9 Å². The Morgan fingerprint density at radius 2 is 1.97 bits per heavy atom. The monoisotopic (exact) mass is 442 g/mol. The first-order valence-electron chi connectivity index (χ1n) is 9.71. The maximum absolute atomic E-state index is 13.4. The van der Waals surface area contributed by atoms with Gasteiger partial charge in [-0.1, -0.05) is 0 Å². The summed E-state index contributed by atoms with van der Waals surface area (Å²) in [5.41, 5.74) is 0. The van der Waals surface area contributed by atoms with Crippen molar-refractivity contribution >= 4 is 15.9 Å². The van der Waals surface area contributed by atoms with Gasteiger partial charge in [0, 0.05) is 32.2 Å². The van der Waals surface area contributed by atoms with Crippen LogP contribution in [0.2, 0.25) is 0 Å². The van der Waals surface area contributed by atoms with E-state index in [9.17, 15) is 22.0 Å². The summed E-state index contributed by atoms with van der Waals surface area (Å²) in [6.45, 7) is 1.61. The second kappa shape index (κ2) is 10.1. The number of amides is 1. The minimum absolute atomic E-state index is 0.120. The van der Waals surface area contributed by atoms with Crippen LogP contribution in [0.25, 0.3) is 0 Å². The van der Waals surface area contributed by atoms with Crippen LogP contribution < -0.4 is 5.32 Å². The summed E-state index contributed by atoms with van der Waals surface area (Å²) in [4.78, 5) is 12.0. The number of carbonyl (C=O) groups is 1. The zero-order chi connectivity index (χ0) is 21.6. The van der Waals surface area contributed by atoms with Crippen LogP contribution in [0.3, 0.4) is 0 Å². The molecule has 1 aliphatic rings. The molecular formula is C20H24F2N2O5S. The number of piperidine rings is 1. The maximum atomic E-state index is 13.4. The molecule has 1 aliphatic heterocycles. The van der Waals surface area contributed by atoms with Gasteiger partial charge in [0.15, 0.2) is 11.6 Å². The van der Waals surface area contributed by atoms with Crippen molar-refractivity contribution in [1.29, 1.82) is 0 Å². The van der Waals surface area contributed by atoms with Gasteiger partial charge < -0.3 is 14.5 Å². The van der Waals surface area contributed by atoms with Crippen molar-refractivity contribution in [3.8, 4) is 0 Å². The third-order valence-electron chi connectivity index (χ3n) is 4.94. The molecule has 0 aliphatic carbocycles. The molecule has 1 aromatic heterocycles. The van der Waals surface area contributed by atoms with Gasteiger partial charge in [-0.25, -0.2) is 17.2 Å². The first-order valence-corrected chi connectivity index (χ1v) is 11.1. The van der Waals surface area contributed by atoms with Crippen LogP contribution in [0.15, 0.2) is 45.9 Å². The highest BCUT2D eigenvalue weighted by Crippen LogP contribution is 2.25. The van der Waals surface area contributed by atoms with E-state index in [-0.39, 0.29) is 29.8 Å².